The van der Waals surface area contributed by atoms with Crippen LogP contribution in [0.2, 0.25) is 0 Å². The van der Waals surface area contributed by atoms with E-state index in [-0.39, 0.29) is 10.9 Å². The Morgan fingerprint density at radius 2 is 1.60 bits per heavy atom. The Morgan fingerprint density at radius 3 is 2.33 bits per heavy atom. The number of nitrogens with zero attached hydrogens (tertiary/aromatic N) is 1. The predicted octanol–water partition coefficient (Wildman–Crippen LogP) is 6.52. The standard InChI is InChI=1S/C22H18F3N3OS/c1-2-28-19-9-4-3-8-17(19)18-13-15(10-11-20(18)28)27-21(30)26-14-6-5-7-16(12-14)29-22(23,24)25/h3-13H,2H2,1H3,(H2,26,27,30). The molecule has 0 saturated carbocycles. The van der Waals surface area contributed by atoms with E-state index in [1.54, 1.807) is 6.07 Å². The molecule has 3 aromatic carbocycles. The minimum atomic E-state index is -4.75. The zero-order valence-corrected chi connectivity index (χ0v) is 16.8. The van der Waals surface area contributed by atoms with Crippen molar-refractivity contribution in [2.75, 3.05) is 10.6 Å². The molecule has 2 N–H and O–H groups in total. The lowest BCUT2D eigenvalue weighted by Gasteiger charge is -2.13. The van der Waals surface area contributed by atoms with Crippen LogP contribution in [0.5, 0.6) is 5.75 Å². The SMILES string of the molecule is CCn1c2ccccc2c2cc(NC(=S)Nc3cccc(OC(F)(F)F)c3)ccc21. The van der Waals surface area contributed by atoms with Crippen LogP contribution in [0.1, 0.15) is 6.92 Å². The highest BCUT2D eigenvalue weighted by Crippen LogP contribution is 2.31. The maximum absolute atomic E-state index is 12.4. The molecule has 0 bridgehead atoms. The lowest BCUT2D eigenvalue weighted by Crippen LogP contribution is -2.20. The van der Waals surface area contributed by atoms with E-state index in [1.807, 2.05) is 30.3 Å². The highest BCUT2D eigenvalue weighted by molar-refractivity contribution is 7.80. The van der Waals surface area contributed by atoms with Crippen molar-refractivity contribution in [2.45, 2.75) is 19.8 Å². The summed E-state index contributed by atoms with van der Waals surface area (Å²) >= 11 is 5.33. The van der Waals surface area contributed by atoms with Gasteiger partial charge in [-0.1, -0.05) is 24.3 Å². The first-order chi connectivity index (χ1) is 14.3. The third-order valence-electron chi connectivity index (χ3n) is 4.67. The Morgan fingerprint density at radius 1 is 0.900 bits per heavy atom. The van der Waals surface area contributed by atoms with Gasteiger partial charge in [0, 0.05) is 45.8 Å². The van der Waals surface area contributed by atoms with E-state index >= 15 is 0 Å². The average Bonchev–Trinajstić information content (AvgIpc) is 3.00. The van der Waals surface area contributed by atoms with Crippen molar-refractivity contribution in [3.63, 3.8) is 0 Å². The number of hydrogen-bond acceptors (Lipinski definition) is 2. The number of para-hydroxylation sites is 1. The van der Waals surface area contributed by atoms with Crippen molar-refractivity contribution in [3.05, 3.63) is 66.7 Å². The van der Waals surface area contributed by atoms with Gasteiger partial charge < -0.3 is 19.9 Å². The first-order valence-electron chi connectivity index (χ1n) is 9.29. The van der Waals surface area contributed by atoms with Gasteiger partial charge in [-0.2, -0.15) is 0 Å². The highest BCUT2D eigenvalue weighted by Gasteiger charge is 2.31. The molecule has 0 aliphatic rings. The molecule has 0 atom stereocenters. The summed E-state index contributed by atoms with van der Waals surface area (Å²) in [5.41, 5.74) is 3.45. The molecule has 8 heteroatoms. The van der Waals surface area contributed by atoms with Crippen LogP contribution < -0.4 is 15.4 Å². The normalized spacial score (nSPS) is 11.6. The largest absolute Gasteiger partial charge is 0.573 e. The van der Waals surface area contributed by atoms with Gasteiger partial charge in [0.1, 0.15) is 5.75 Å². The minimum Gasteiger partial charge on any atom is -0.406 e. The van der Waals surface area contributed by atoms with Crippen molar-refractivity contribution in [2.24, 2.45) is 0 Å². The fourth-order valence-electron chi connectivity index (χ4n) is 3.54. The first kappa shape index (κ1) is 20.0. The molecule has 0 radical (unpaired) electrons. The summed E-state index contributed by atoms with van der Waals surface area (Å²) in [5, 5.41) is 8.48. The third kappa shape index (κ3) is 4.18. The van der Waals surface area contributed by atoms with E-state index in [0.29, 0.717) is 5.69 Å². The van der Waals surface area contributed by atoms with Crippen LogP contribution in [0.15, 0.2) is 66.7 Å². The van der Waals surface area contributed by atoms with Crippen LogP contribution in [0.4, 0.5) is 24.5 Å². The van der Waals surface area contributed by atoms with E-state index in [9.17, 15) is 13.2 Å². The number of hydrogen-bond donors (Lipinski definition) is 2. The second-order valence-corrected chi connectivity index (χ2v) is 7.06. The summed E-state index contributed by atoms with van der Waals surface area (Å²) in [6.45, 7) is 2.96. The van der Waals surface area contributed by atoms with Crippen molar-refractivity contribution >= 4 is 50.5 Å². The molecule has 1 aromatic heterocycles. The summed E-state index contributed by atoms with van der Waals surface area (Å²) in [6.07, 6.45) is -4.75. The summed E-state index contributed by atoms with van der Waals surface area (Å²) in [5.74, 6) is -0.316. The molecule has 4 nitrogen and oxygen atoms in total. The van der Waals surface area contributed by atoms with Crippen LogP contribution >= 0.6 is 12.2 Å². The predicted molar refractivity (Wildman–Crippen MR) is 118 cm³/mol. The first-order valence-corrected chi connectivity index (χ1v) is 9.69. The molecule has 0 saturated heterocycles. The van der Waals surface area contributed by atoms with Gasteiger partial charge in [0.25, 0.3) is 0 Å². The molecular weight excluding hydrogens is 411 g/mol. The van der Waals surface area contributed by atoms with Crippen LogP contribution in [0.3, 0.4) is 0 Å². The number of rotatable bonds is 4. The maximum Gasteiger partial charge on any atom is 0.573 e. The van der Waals surface area contributed by atoms with Gasteiger partial charge in [0.05, 0.1) is 0 Å². The molecule has 30 heavy (non-hydrogen) atoms. The Bertz CT molecular complexity index is 1230. The summed E-state index contributed by atoms with van der Waals surface area (Å²) in [4.78, 5) is 0. The Hall–Kier alpha value is -3.26. The summed E-state index contributed by atoms with van der Waals surface area (Å²) < 4.78 is 43.4. The molecule has 0 fully saturated rings. The molecule has 0 unspecified atom stereocenters. The van der Waals surface area contributed by atoms with Gasteiger partial charge >= 0.3 is 6.36 Å². The van der Waals surface area contributed by atoms with Crippen LogP contribution in [0.25, 0.3) is 21.8 Å². The number of nitrogens with one attached hydrogen (secondary N) is 2. The molecule has 1 heterocycles. The lowest BCUT2D eigenvalue weighted by molar-refractivity contribution is -0.274. The van der Waals surface area contributed by atoms with E-state index < -0.39 is 6.36 Å². The maximum atomic E-state index is 12.4. The fraction of sp³-hybridized carbons (Fsp3) is 0.136. The number of alkyl halides is 3. The Kier molecular flexibility index (Phi) is 5.26. The molecule has 0 aliphatic heterocycles. The topological polar surface area (TPSA) is 38.2 Å². The van der Waals surface area contributed by atoms with Gasteiger partial charge in [0.2, 0.25) is 0 Å². The molecule has 154 valence electrons. The third-order valence-corrected chi connectivity index (χ3v) is 4.88. The number of thiocarbonyl (C=S) groups is 1. The van der Waals surface area contributed by atoms with Gasteiger partial charge in [-0.05, 0) is 55.5 Å². The van der Waals surface area contributed by atoms with Crippen LogP contribution in [-0.2, 0) is 6.54 Å². The van der Waals surface area contributed by atoms with Gasteiger partial charge in [-0.15, -0.1) is 13.2 Å². The van der Waals surface area contributed by atoms with E-state index in [0.717, 1.165) is 34.0 Å². The van der Waals surface area contributed by atoms with Gasteiger partial charge in [0.15, 0.2) is 5.11 Å². The zero-order valence-electron chi connectivity index (χ0n) is 16.0. The molecule has 0 aliphatic carbocycles. The monoisotopic (exact) mass is 429 g/mol. The number of halogens is 3. The van der Waals surface area contributed by atoms with Crippen LogP contribution in [-0.4, -0.2) is 16.0 Å². The molecule has 0 spiro atoms. The smallest absolute Gasteiger partial charge is 0.406 e. The number of aromatic nitrogens is 1. The van der Waals surface area contributed by atoms with Crippen molar-refractivity contribution in [1.29, 1.82) is 0 Å². The molecular formula is C22H18F3N3OS. The molecule has 0 amide bonds. The van der Waals surface area contributed by atoms with Crippen LogP contribution in [0, 0.1) is 0 Å². The fourth-order valence-corrected chi connectivity index (χ4v) is 3.77. The second kappa shape index (κ2) is 7.87. The highest BCUT2D eigenvalue weighted by atomic mass is 32.1. The quantitative estimate of drug-likeness (QED) is 0.362. The average molecular weight is 429 g/mol. The molecule has 4 rings (SSSR count). The Balaban J connectivity index is 1.55. The lowest BCUT2D eigenvalue weighted by atomic mass is 10.1. The summed E-state index contributed by atoms with van der Waals surface area (Å²) in [7, 11) is 0. The number of fused-ring (bicyclic) bond motifs is 3. The minimum absolute atomic E-state index is 0.262. The van der Waals surface area contributed by atoms with Gasteiger partial charge in [-0.25, -0.2) is 0 Å². The van der Waals surface area contributed by atoms with E-state index in [1.165, 1.54) is 18.2 Å². The number of benzene rings is 3. The molecule has 4 aromatic rings. The van der Waals surface area contributed by atoms with Crippen molar-refractivity contribution in [1.82, 2.24) is 4.57 Å². The summed E-state index contributed by atoms with van der Waals surface area (Å²) in [6, 6.07) is 19.7. The van der Waals surface area contributed by atoms with E-state index in [4.69, 9.17) is 12.2 Å². The van der Waals surface area contributed by atoms with Crippen molar-refractivity contribution in [3.8, 4) is 5.75 Å². The number of aryl methyl sites for hydroxylation is 1. The van der Waals surface area contributed by atoms with Gasteiger partial charge in [-0.3, -0.25) is 0 Å². The van der Waals surface area contributed by atoms with E-state index in [2.05, 4.69) is 39.0 Å². The zero-order chi connectivity index (χ0) is 21.3. The Labute approximate surface area is 176 Å². The number of anilines is 2. The second-order valence-electron chi connectivity index (χ2n) is 6.65. The van der Waals surface area contributed by atoms with Crippen molar-refractivity contribution < 1.29 is 17.9 Å². The number of ether oxygens (including phenoxy) is 1.